The molecule has 0 aromatic carbocycles. The molecule has 0 unspecified atom stereocenters. The Bertz CT molecular complexity index is 1330. The Hall–Kier alpha value is -3.53. The number of rotatable bonds is 5. The summed E-state index contributed by atoms with van der Waals surface area (Å²) in [5.41, 5.74) is 3.12. The number of ether oxygens (including phenoxy) is 2. The van der Waals surface area contributed by atoms with Crippen LogP contribution < -0.4 is 4.74 Å². The van der Waals surface area contributed by atoms with E-state index in [-0.39, 0.29) is 12.0 Å². The van der Waals surface area contributed by atoms with Crippen LogP contribution in [0, 0.1) is 6.92 Å². The van der Waals surface area contributed by atoms with Gasteiger partial charge in [-0.15, -0.1) is 11.3 Å². The van der Waals surface area contributed by atoms with Gasteiger partial charge in [0.2, 0.25) is 5.88 Å². The third-order valence-corrected chi connectivity index (χ3v) is 7.05. The average Bonchev–Trinajstić information content (AvgIpc) is 3.19. The summed E-state index contributed by atoms with van der Waals surface area (Å²) in [5.74, 6) is 0.434. The molecule has 4 heterocycles. The van der Waals surface area contributed by atoms with E-state index in [4.69, 9.17) is 9.47 Å². The first kappa shape index (κ1) is 25.6. The first-order valence-corrected chi connectivity index (χ1v) is 12.5. The van der Waals surface area contributed by atoms with E-state index >= 15 is 0 Å². The number of carbonyl (C=O) groups is 2. The molecular weight excluding hydrogens is 478 g/mol. The van der Waals surface area contributed by atoms with E-state index in [9.17, 15) is 9.59 Å². The van der Waals surface area contributed by atoms with E-state index in [1.807, 2.05) is 45.9 Å². The first-order chi connectivity index (χ1) is 17.1. The fraction of sp³-hybridized carbons (Fsp3) is 0.423. The molecule has 0 bridgehead atoms. The van der Waals surface area contributed by atoms with Gasteiger partial charge in [0.15, 0.2) is 0 Å². The van der Waals surface area contributed by atoms with Crippen molar-refractivity contribution in [3.05, 3.63) is 52.4 Å². The molecule has 3 aromatic rings. The van der Waals surface area contributed by atoms with Gasteiger partial charge in [-0.3, -0.25) is 4.79 Å². The van der Waals surface area contributed by atoms with Crippen LogP contribution in [0.1, 0.15) is 53.7 Å². The van der Waals surface area contributed by atoms with E-state index in [0.29, 0.717) is 36.8 Å². The number of methoxy groups -OCH3 is 1. The number of hydrogen-bond acceptors (Lipinski definition) is 8. The number of aromatic nitrogens is 3. The van der Waals surface area contributed by atoms with E-state index < -0.39 is 5.60 Å². The molecule has 2 amide bonds. The third-order valence-electron chi connectivity index (χ3n) is 5.86. The van der Waals surface area contributed by atoms with Gasteiger partial charge in [0, 0.05) is 44.3 Å². The lowest BCUT2D eigenvalue weighted by atomic mass is 10.0. The van der Waals surface area contributed by atoms with Crippen LogP contribution in [0.2, 0.25) is 0 Å². The Morgan fingerprint density at radius 2 is 2.00 bits per heavy atom. The van der Waals surface area contributed by atoms with E-state index in [2.05, 4.69) is 15.0 Å². The minimum absolute atomic E-state index is 0.0778. The summed E-state index contributed by atoms with van der Waals surface area (Å²) in [6.45, 7) is 8.93. The Kier molecular flexibility index (Phi) is 7.26. The van der Waals surface area contributed by atoms with Crippen molar-refractivity contribution in [1.29, 1.82) is 0 Å². The lowest BCUT2D eigenvalue weighted by Crippen LogP contribution is -2.39. The SMILES string of the molecule is COc1cc(CN(C)C(=O)c2sc3ncnc(C4=CCN(C(=O)OC(C)(C)C)CC4)c3c2C)ccn1. The summed E-state index contributed by atoms with van der Waals surface area (Å²) in [4.78, 5) is 43.7. The highest BCUT2D eigenvalue weighted by molar-refractivity contribution is 7.20. The highest BCUT2D eigenvalue weighted by Gasteiger charge is 2.27. The molecule has 0 saturated carbocycles. The molecule has 190 valence electrons. The molecule has 0 spiro atoms. The molecule has 0 saturated heterocycles. The fourth-order valence-electron chi connectivity index (χ4n) is 4.08. The van der Waals surface area contributed by atoms with Gasteiger partial charge in [0.25, 0.3) is 5.91 Å². The van der Waals surface area contributed by atoms with Gasteiger partial charge in [-0.05, 0) is 56.9 Å². The van der Waals surface area contributed by atoms with Gasteiger partial charge in [-0.1, -0.05) is 6.08 Å². The van der Waals surface area contributed by atoms with E-state index in [1.165, 1.54) is 17.7 Å². The highest BCUT2D eigenvalue weighted by Crippen LogP contribution is 2.36. The second kappa shape index (κ2) is 10.2. The van der Waals surface area contributed by atoms with E-state index in [1.54, 1.807) is 30.2 Å². The molecule has 10 heteroatoms. The lowest BCUT2D eigenvalue weighted by molar-refractivity contribution is 0.0270. The molecule has 9 nitrogen and oxygen atoms in total. The van der Waals surface area contributed by atoms with Crippen LogP contribution in [0.3, 0.4) is 0 Å². The van der Waals surface area contributed by atoms with Gasteiger partial charge >= 0.3 is 6.09 Å². The molecular formula is C26H31N5O4S. The van der Waals surface area contributed by atoms with Crippen molar-refractivity contribution in [2.75, 3.05) is 27.2 Å². The maximum absolute atomic E-state index is 13.4. The summed E-state index contributed by atoms with van der Waals surface area (Å²) in [5, 5.41) is 0.891. The predicted octanol–water partition coefficient (Wildman–Crippen LogP) is 4.70. The number of pyridine rings is 1. The van der Waals surface area contributed by atoms with Crippen LogP contribution in [0.5, 0.6) is 5.88 Å². The second-order valence-electron chi connectivity index (χ2n) is 9.73. The molecule has 0 fully saturated rings. The fourth-order valence-corrected chi connectivity index (χ4v) is 5.22. The van der Waals surface area contributed by atoms with Crippen molar-refractivity contribution < 1.29 is 19.1 Å². The number of hydrogen-bond donors (Lipinski definition) is 0. The van der Waals surface area contributed by atoms with Crippen molar-refractivity contribution >= 4 is 39.1 Å². The Labute approximate surface area is 214 Å². The number of aryl methyl sites for hydroxylation is 1. The maximum atomic E-state index is 13.4. The normalized spacial score (nSPS) is 13.9. The molecule has 0 N–H and O–H groups in total. The van der Waals surface area contributed by atoms with Crippen LogP contribution in [0.15, 0.2) is 30.7 Å². The molecule has 4 rings (SSSR count). The Morgan fingerprint density at radius 1 is 1.22 bits per heavy atom. The molecule has 1 aliphatic rings. The van der Waals surface area contributed by atoms with Crippen LogP contribution in [0.4, 0.5) is 4.79 Å². The molecule has 1 aliphatic heterocycles. The molecule has 0 radical (unpaired) electrons. The quantitative estimate of drug-likeness (QED) is 0.492. The zero-order valence-electron chi connectivity index (χ0n) is 21.5. The Balaban J connectivity index is 1.57. The van der Waals surface area contributed by atoms with Crippen LogP contribution in [-0.4, -0.2) is 69.6 Å². The molecule has 0 atom stereocenters. The van der Waals surface area contributed by atoms with Gasteiger partial charge in [0.1, 0.15) is 16.8 Å². The molecule has 36 heavy (non-hydrogen) atoms. The zero-order chi connectivity index (χ0) is 26.0. The highest BCUT2D eigenvalue weighted by atomic mass is 32.1. The van der Waals surface area contributed by atoms with Gasteiger partial charge < -0.3 is 19.3 Å². The van der Waals surface area contributed by atoms with Gasteiger partial charge in [-0.25, -0.2) is 19.7 Å². The topological polar surface area (TPSA) is 97.8 Å². The lowest BCUT2D eigenvalue weighted by Gasteiger charge is -2.29. The summed E-state index contributed by atoms with van der Waals surface area (Å²) >= 11 is 1.38. The standard InChI is InChI=1S/C26H31N5O4S/c1-16-20-21(18-8-11-31(12-9-18)25(33)35-26(2,3)4)28-15-29-23(20)36-22(16)24(32)30(5)14-17-7-10-27-19(13-17)34-6/h7-8,10,13,15H,9,11-12,14H2,1-6H3. The predicted molar refractivity (Wildman–Crippen MR) is 139 cm³/mol. The smallest absolute Gasteiger partial charge is 0.410 e. The zero-order valence-corrected chi connectivity index (χ0v) is 22.3. The largest absolute Gasteiger partial charge is 0.481 e. The first-order valence-electron chi connectivity index (χ1n) is 11.7. The Morgan fingerprint density at radius 3 is 2.67 bits per heavy atom. The number of amides is 2. The van der Waals surface area contributed by atoms with E-state index in [0.717, 1.165) is 32.6 Å². The monoisotopic (exact) mass is 509 g/mol. The third kappa shape index (κ3) is 5.48. The summed E-state index contributed by atoms with van der Waals surface area (Å²) in [6, 6.07) is 3.69. The molecule has 0 aliphatic carbocycles. The summed E-state index contributed by atoms with van der Waals surface area (Å²) < 4.78 is 10.7. The molecule has 3 aromatic heterocycles. The van der Waals surface area contributed by atoms with Crippen molar-refractivity contribution in [3.63, 3.8) is 0 Å². The van der Waals surface area contributed by atoms with Crippen molar-refractivity contribution in [1.82, 2.24) is 24.8 Å². The summed E-state index contributed by atoms with van der Waals surface area (Å²) in [7, 11) is 3.34. The maximum Gasteiger partial charge on any atom is 0.410 e. The minimum Gasteiger partial charge on any atom is -0.481 e. The number of nitrogens with zero attached hydrogens (tertiary/aromatic N) is 5. The van der Waals surface area contributed by atoms with Crippen LogP contribution in [0.25, 0.3) is 15.8 Å². The number of fused-ring (bicyclic) bond motifs is 1. The van der Waals surface area contributed by atoms with Gasteiger partial charge in [0.05, 0.1) is 17.7 Å². The van der Waals surface area contributed by atoms with Crippen molar-refractivity contribution in [3.8, 4) is 5.88 Å². The average molecular weight is 510 g/mol. The van der Waals surface area contributed by atoms with Crippen molar-refractivity contribution in [2.24, 2.45) is 0 Å². The van der Waals surface area contributed by atoms with Crippen LogP contribution >= 0.6 is 11.3 Å². The van der Waals surface area contributed by atoms with Crippen molar-refractivity contribution in [2.45, 2.75) is 46.3 Å². The van der Waals surface area contributed by atoms with Gasteiger partial charge in [-0.2, -0.15) is 0 Å². The minimum atomic E-state index is -0.534. The summed E-state index contributed by atoms with van der Waals surface area (Å²) in [6.07, 6.45) is 5.54. The number of carbonyl (C=O) groups excluding carboxylic acids is 2. The second-order valence-corrected chi connectivity index (χ2v) is 10.7. The number of thiophene rings is 1. The van der Waals surface area contributed by atoms with Crippen LogP contribution in [-0.2, 0) is 11.3 Å².